The lowest BCUT2D eigenvalue weighted by molar-refractivity contribution is -0.308. The van der Waals surface area contributed by atoms with Gasteiger partial charge in [-0.15, -0.1) is 0 Å². The zero-order valence-corrected chi connectivity index (χ0v) is 15.8. The Kier molecular flexibility index (Phi) is 7.51. The molecule has 0 aliphatic carbocycles. The molecule has 0 spiro atoms. The van der Waals surface area contributed by atoms with Crippen LogP contribution in [0, 0.1) is 5.92 Å². The molecule has 6 nitrogen and oxygen atoms in total. The molecule has 0 aliphatic rings. The number of nitrogens with one attached hydrogen (secondary N) is 2. The van der Waals surface area contributed by atoms with Gasteiger partial charge in [-0.25, -0.2) is 0 Å². The Morgan fingerprint density at radius 3 is 2.07 bits per heavy atom. The van der Waals surface area contributed by atoms with Crippen molar-refractivity contribution in [1.82, 2.24) is 10.6 Å². The molecule has 0 saturated heterocycles. The van der Waals surface area contributed by atoms with Crippen molar-refractivity contribution in [3.63, 3.8) is 0 Å². The quantitative estimate of drug-likeness (QED) is 0.683. The highest BCUT2D eigenvalue weighted by Crippen LogP contribution is 2.09. The highest BCUT2D eigenvalue weighted by atomic mass is 16.4. The van der Waals surface area contributed by atoms with E-state index < -0.39 is 23.8 Å². The van der Waals surface area contributed by atoms with Crippen LogP contribution in [0.4, 0.5) is 0 Å². The summed E-state index contributed by atoms with van der Waals surface area (Å²) in [5.41, 5.74) is 1.03. The number of benzene rings is 2. The molecule has 0 heterocycles. The third kappa shape index (κ3) is 6.39. The summed E-state index contributed by atoms with van der Waals surface area (Å²) in [4.78, 5) is 36.6. The summed E-state index contributed by atoms with van der Waals surface area (Å²) >= 11 is 0. The average Bonchev–Trinajstić information content (AvgIpc) is 2.68. The lowest BCUT2D eigenvalue weighted by atomic mass is 10.0. The molecule has 2 rings (SSSR count). The molecule has 0 aromatic heterocycles. The third-order valence-corrected chi connectivity index (χ3v) is 3.94. The first-order valence-electron chi connectivity index (χ1n) is 9.01. The van der Waals surface area contributed by atoms with Crippen LogP contribution in [0.5, 0.6) is 0 Å². The predicted octanol–water partition coefficient (Wildman–Crippen LogP) is 1.74. The maximum Gasteiger partial charge on any atom is 0.268 e. The van der Waals surface area contributed by atoms with E-state index >= 15 is 0 Å². The first-order chi connectivity index (χ1) is 13.4. The molecule has 0 bridgehead atoms. The van der Waals surface area contributed by atoms with E-state index in [0.29, 0.717) is 11.1 Å². The fourth-order valence-electron chi connectivity index (χ4n) is 2.58. The number of carbonyl (C=O) groups excluding carboxylic acids is 3. The second kappa shape index (κ2) is 10.1. The molecule has 0 radical (unpaired) electrons. The molecule has 28 heavy (non-hydrogen) atoms. The highest BCUT2D eigenvalue weighted by Gasteiger charge is 2.20. The smallest absolute Gasteiger partial charge is 0.268 e. The van der Waals surface area contributed by atoms with E-state index in [-0.39, 0.29) is 18.0 Å². The van der Waals surface area contributed by atoms with E-state index in [1.165, 1.54) is 6.08 Å². The monoisotopic (exact) mass is 379 g/mol. The van der Waals surface area contributed by atoms with Gasteiger partial charge < -0.3 is 20.5 Å². The second-order valence-electron chi connectivity index (χ2n) is 6.76. The van der Waals surface area contributed by atoms with E-state index in [4.69, 9.17) is 0 Å². The lowest BCUT2D eigenvalue weighted by Crippen LogP contribution is -2.50. The fourth-order valence-corrected chi connectivity index (χ4v) is 2.58. The van der Waals surface area contributed by atoms with Crippen LogP contribution in [0.3, 0.4) is 0 Å². The zero-order chi connectivity index (χ0) is 20.5. The summed E-state index contributed by atoms with van der Waals surface area (Å²) in [5.74, 6) is -2.48. The number of hydrogen-bond acceptors (Lipinski definition) is 4. The fraction of sp³-hybridized carbons (Fsp3) is 0.227. The summed E-state index contributed by atoms with van der Waals surface area (Å²) in [5, 5.41) is 16.4. The summed E-state index contributed by atoms with van der Waals surface area (Å²) < 4.78 is 0. The zero-order valence-electron chi connectivity index (χ0n) is 15.8. The van der Waals surface area contributed by atoms with Gasteiger partial charge in [-0.1, -0.05) is 62.4 Å². The molecule has 146 valence electrons. The highest BCUT2D eigenvalue weighted by molar-refractivity contribution is 6.06. The molecule has 2 N–H and O–H groups in total. The van der Waals surface area contributed by atoms with Gasteiger partial charge in [0.25, 0.3) is 11.8 Å². The van der Waals surface area contributed by atoms with Crippen molar-refractivity contribution in [2.24, 2.45) is 5.92 Å². The minimum Gasteiger partial charge on any atom is -0.548 e. The topological polar surface area (TPSA) is 98.3 Å². The van der Waals surface area contributed by atoms with Crippen LogP contribution in [0.2, 0.25) is 0 Å². The SMILES string of the molecule is CC(C)C[C@@H](NC(=O)/C(=C/c1ccccc1)NC(=O)c1ccccc1)C(=O)[O-]. The second-order valence-corrected chi connectivity index (χ2v) is 6.76. The van der Waals surface area contributed by atoms with Gasteiger partial charge >= 0.3 is 0 Å². The molecule has 6 heteroatoms. The van der Waals surface area contributed by atoms with Crippen molar-refractivity contribution in [2.75, 3.05) is 0 Å². The van der Waals surface area contributed by atoms with Crippen LogP contribution < -0.4 is 15.7 Å². The van der Waals surface area contributed by atoms with Crippen LogP contribution in [0.25, 0.3) is 6.08 Å². The van der Waals surface area contributed by atoms with Gasteiger partial charge in [0.1, 0.15) is 5.70 Å². The van der Waals surface area contributed by atoms with Gasteiger partial charge in [0.05, 0.1) is 12.0 Å². The molecule has 0 fully saturated rings. The number of carbonyl (C=O) groups is 3. The van der Waals surface area contributed by atoms with Crippen LogP contribution >= 0.6 is 0 Å². The number of hydrogen-bond donors (Lipinski definition) is 2. The minimum absolute atomic E-state index is 0.0451. The summed E-state index contributed by atoms with van der Waals surface area (Å²) in [6.07, 6.45) is 1.72. The first-order valence-corrected chi connectivity index (χ1v) is 9.01. The third-order valence-electron chi connectivity index (χ3n) is 3.94. The molecule has 0 unspecified atom stereocenters. The molecule has 0 saturated carbocycles. The molecule has 2 amide bonds. The Bertz CT molecular complexity index is 845. The summed E-state index contributed by atoms with van der Waals surface area (Å²) in [7, 11) is 0. The van der Waals surface area contributed by atoms with Crippen molar-refractivity contribution >= 4 is 23.9 Å². The van der Waals surface area contributed by atoms with Crippen molar-refractivity contribution in [3.05, 3.63) is 77.5 Å². The summed E-state index contributed by atoms with van der Waals surface area (Å²) in [6.45, 7) is 3.69. The lowest BCUT2D eigenvalue weighted by Gasteiger charge is -2.22. The van der Waals surface area contributed by atoms with E-state index in [9.17, 15) is 19.5 Å². The van der Waals surface area contributed by atoms with Gasteiger partial charge in [-0.05, 0) is 36.1 Å². The molecule has 0 aliphatic heterocycles. The van der Waals surface area contributed by atoms with E-state index in [1.54, 1.807) is 54.6 Å². The van der Waals surface area contributed by atoms with Crippen LogP contribution in [-0.4, -0.2) is 23.8 Å². The van der Waals surface area contributed by atoms with Gasteiger partial charge in [-0.3, -0.25) is 9.59 Å². The van der Waals surface area contributed by atoms with Crippen molar-refractivity contribution in [2.45, 2.75) is 26.3 Å². The van der Waals surface area contributed by atoms with Gasteiger partial charge in [0, 0.05) is 5.56 Å². The van der Waals surface area contributed by atoms with Gasteiger partial charge in [-0.2, -0.15) is 0 Å². The van der Waals surface area contributed by atoms with Crippen LogP contribution in [-0.2, 0) is 9.59 Å². The molecule has 1 atom stereocenters. The van der Waals surface area contributed by atoms with Gasteiger partial charge in [0.15, 0.2) is 0 Å². The standard InChI is InChI=1S/C22H24N2O4/c1-15(2)13-19(22(27)28)24-21(26)18(14-16-9-5-3-6-10-16)23-20(25)17-11-7-4-8-12-17/h3-12,14-15,19H,13H2,1-2H3,(H,23,25)(H,24,26)(H,27,28)/p-1/b18-14-/t19-/m1/s1. The van der Waals surface area contributed by atoms with Crippen molar-refractivity contribution < 1.29 is 19.5 Å². The first kappa shape index (κ1) is 20.9. The van der Waals surface area contributed by atoms with E-state index in [1.807, 2.05) is 19.9 Å². The van der Waals surface area contributed by atoms with Crippen molar-refractivity contribution in [3.8, 4) is 0 Å². The average molecular weight is 379 g/mol. The number of amides is 2. The number of carboxylic acids is 1. The molecular weight excluding hydrogens is 356 g/mol. The Labute approximate surface area is 164 Å². The van der Waals surface area contributed by atoms with Crippen LogP contribution in [0.15, 0.2) is 66.4 Å². The Morgan fingerprint density at radius 2 is 1.54 bits per heavy atom. The molecule has 2 aromatic carbocycles. The Balaban J connectivity index is 2.27. The maximum atomic E-state index is 12.7. The molecular formula is C22H23N2O4-. The number of rotatable bonds is 8. The molecule has 2 aromatic rings. The number of carboxylic acid groups (broad SMARTS) is 1. The van der Waals surface area contributed by atoms with Crippen LogP contribution in [0.1, 0.15) is 36.2 Å². The predicted molar refractivity (Wildman–Crippen MR) is 105 cm³/mol. The van der Waals surface area contributed by atoms with Crippen molar-refractivity contribution in [1.29, 1.82) is 0 Å². The van der Waals surface area contributed by atoms with E-state index in [2.05, 4.69) is 10.6 Å². The van der Waals surface area contributed by atoms with E-state index in [0.717, 1.165) is 0 Å². The normalized spacial score (nSPS) is 12.3. The Morgan fingerprint density at radius 1 is 0.964 bits per heavy atom. The Hall–Kier alpha value is -3.41. The summed E-state index contributed by atoms with van der Waals surface area (Å²) in [6, 6.07) is 16.3. The maximum absolute atomic E-state index is 12.7. The van der Waals surface area contributed by atoms with Gasteiger partial charge in [0.2, 0.25) is 0 Å². The largest absolute Gasteiger partial charge is 0.548 e. The minimum atomic E-state index is -1.37. The number of aliphatic carboxylic acids is 1.